The summed E-state index contributed by atoms with van der Waals surface area (Å²) in [5, 5.41) is 0. The Kier molecular flexibility index (Phi) is 4.14. The van der Waals surface area contributed by atoms with Crippen LogP contribution >= 0.6 is 0 Å². The van der Waals surface area contributed by atoms with Gasteiger partial charge in [-0.1, -0.05) is 20.3 Å². The van der Waals surface area contributed by atoms with Crippen LogP contribution in [0.25, 0.3) is 0 Å². The molecule has 2 rings (SSSR count). The van der Waals surface area contributed by atoms with Gasteiger partial charge in [0, 0.05) is 17.0 Å². The van der Waals surface area contributed by atoms with Crippen molar-refractivity contribution >= 4 is 5.78 Å². The van der Waals surface area contributed by atoms with E-state index >= 15 is 0 Å². The maximum absolute atomic E-state index is 12.3. The first kappa shape index (κ1) is 14.3. The number of carbonyl (C=O) groups is 1. The number of carbonyl (C=O) groups excluding carboxylic acids is 1. The molecule has 1 fully saturated rings. The van der Waals surface area contributed by atoms with Crippen LogP contribution < -0.4 is 0 Å². The van der Waals surface area contributed by atoms with Gasteiger partial charge in [-0.25, -0.2) is 0 Å². The minimum Gasteiger partial charge on any atom is -0.362 e. The second-order valence-corrected chi connectivity index (χ2v) is 6.35. The molecular weight excluding hydrogens is 236 g/mol. The Morgan fingerprint density at radius 2 is 2.00 bits per heavy atom. The van der Waals surface area contributed by atoms with Crippen LogP contribution in [0.5, 0.6) is 0 Å². The second-order valence-electron chi connectivity index (χ2n) is 6.35. The fraction of sp³-hybridized carbons (Fsp3) is 0.688. The Labute approximate surface area is 116 Å². The number of hydrogen-bond donors (Lipinski definition) is 1. The van der Waals surface area contributed by atoms with Crippen molar-refractivity contribution in [3.63, 3.8) is 0 Å². The van der Waals surface area contributed by atoms with E-state index in [-0.39, 0.29) is 5.78 Å². The number of ketones is 1. The highest BCUT2D eigenvalue weighted by molar-refractivity contribution is 5.98. The number of piperidine rings is 1. The van der Waals surface area contributed by atoms with E-state index in [1.807, 2.05) is 19.9 Å². The molecule has 3 heteroatoms. The van der Waals surface area contributed by atoms with Crippen molar-refractivity contribution in [1.29, 1.82) is 0 Å². The normalized spacial score (nSPS) is 19.6. The molecule has 2 heterocycles. The van der Waals surface area contributed by atoms with E-state index in [2.05, 4.69) is 23.7 Å². The summed E-state index contributed by atoms with van der Waals surface area (Å²) in [4.78, 5) is 17.8. The molecule has 106 valence electrons. The molecule has 0 unspecified atom stereocenters. The number of hydrogen-bond acceptors (Lipinski definition) is 2. The highest BCUT2D eigenvalue weighted by Gasteiger charge is 2.29. The minimum absolute atomic E-state index is 0.252. The van der Waals surface area contributed by atoms with E-state index in [1.54, 1.807) is 0 Å². The molecule has 19 heavy (non-hydrogen) atoms. The molecule has 1 aliphatic rings. The predicted octanol–water partition coefficient (Wildman–Crippen LogP) is 3.33. The molecule has 1 aromatic rings. The lowest BCUT2D eigenvalue weighted by molar-refractivity contribution is 0.0812. The first-order chi connectivity index (χ1) is 8.93. The molecular formula is C16H26N2O. The molecule has 1 N–H and O–H groups in total. The zero-order valence-corrected chi connectivity index (χ0v) is 12.7. The third kappa shape index (κ3) is 3.27. The average molecular weight is 262 g/mol. The van der Waals surface area contributed by atoms with Crippen LogP contribution in [0.4, 0.5) is 0 Å². The summed E-state index contributed by atoms with van der Waals surface area (Å²) in [5.41, 5.74) is 3.41. The van der Waals surface area contributed by atoms with Crippen molar-refractivity contribution in [3.05, 3.63) is 23.0 Å². The van der Waals surface area contributed by atoms with Crippen LogP contribution in [0.15, 0.2) is 6.07 Å². The van der Waals surface area contributed by atoms with Crippen LogP contribution in [-0.4, -0.2) is 35.3 Å². The maximum atomic E-state index is 12.3. The highest BCUT2D eigenvalue weighted by atomic mass is 16.1. The Hall–Kier alpha value is -1.09. The monoisotopic (exact) mass is 262 g/mol. The molecule has 1 aliphatic heterocycles. The van der Waals surface area contributed by atoms with Crippen molar-refractivity contribution in [3.8, 4) is 0 Å². The number of Topliss-reactive ketones (excluding diaryl/α,β-unsaturated/α-hetero) is 1. The van der Waals surface area contributed by atoms with Gasteiger partial charge in [0.2, 0.25) is 0 Å². The molecule has 0 radical (unpaired) electrons. The molecule has 1 saturated heterocycles. The smallest absolute Gasteiger partial charge is 0.178 e. The van der Waals surface area contributed by atoms with E-state index in [9.17, 15) is 4.79 Å². The van der Waals surface area contributed by atoms with E-state index in [1.165, 1.54) is 19.3 Å². The second kappa shape index (κ2) is 5.49. The number of nitrogens with zero attached hydrogens (tertiary/aromatic N) is 1. The van der Waals surface area contributed by atoms with Crippen molar-refractivity contribution in [2.75, 3.05) is 19.6 Å². The van der Waals surface area contributed by atoms with Gasteiger partial charge in [0.05, 0.1) is 6.54 Å². The minimum atomic E-state index is 0.252. The van der Waals surface area contributed by atoms with Crippen molar-refractivity contribution in [2.45, 2.75) is 47.0 Å². The third-order valence-electron chi connectivity index (χ3n) is 4.73. The van der Waals surface area contributed by atoms with Crippen LogP contribution in [0.3, 0.4) is 0 Å². The first-order valence-corrected chi connectivity index (χ1v) is 7.35. The number of likely N-dealkylation sites (tertiary alicyclic amines) is 1. The fourth-order valence-corrected chi connectivity index (χ4v) is 2.91. The van der Waals surface area contributed by atoms with Gasteiger partial charge in [0.15, 0.2) is 5.78 Å². The Balaban J connectivity index is 1.93. The van der Waals surface area contributed by atoms with Crippen LogP contribution in [0.2, 0.25) is 0 Å². The zero-order chi connectivity index (χ0) is 14.0. The number of nitrogens with one attached hydrogen (secondary N) is 1. The summed E-state index contributed by atoms with van der Waals surface area (Å²) in [6.07, 6.45) is 3.66. The molecule has 1 aromatic heterocycles. The van der Waals surface area contributed by atoms with Crippen LogP contribution in [0.1, 0.15) is 54.9 Å². The summed E-state index contributed by atoms with van der Waals surface area (Å²) >= 11 is 0. The van der Waals surface area contributed by atoms with Gasteiger partial charge >= 0.3 is 0 Å². The third-order valence-corrected chi connectivity index (χ3v) is 4.73. The molecule has 0 saturated carbocycles. The standard InChI is InChI=1S/C16H26N2O/c1-5-16(4)6-8-18(9-7-16)11-15(19)14-10-12(2)17-13(14)3/h10,17H,5-9,11H2,1-4H3. The first-order valence-electron chi connectivity index (χ1n) is 7.35. The number of aryl methyl sites for hydroxylation is 2. The van der Waals surface area contributed by atoms with Gasteiger partial charge in [-0.15, -0.1) is 0 Å². The SMILES string of the molecule is CCC1(C)CCN(CC(=O)c2cc(C)[nH]c2C)CC1. The van der Waals surface area contributed by atoms with Gasteiger partial charge in [0.1, 0.15) is 0 Å². The lowest BCUT2D eigenvalue weighted by Crippen LogP contribution is -2.41. The lowest BCUT2D eigenvalue weighted by Gasteiger charge is -2.38. The largest absolute Gasteiger partial charge is 0.362 e. The summed E-state index contributed by atoms with van der Waals surface area (Å²) in [6.45, 7) is 11.3. The van der Waals surface area contributed by atoms with E-state index in [0.29, 0.717) is 12.0 Å². The lowest BCUT2D eigenvalue weighted by atomic mass is 9.78. The Morgan fingerprint density at radius 3 is 2.47 bits per heavy atom. The van der Waals surface area contributed by atoms with Gasteiger partial charge in [-0.2, -0.15) is 0 Å². The average Bonchev–Trinajstić information content (AvgIpc) is 2.72. The van der Waals surface area contributed by atoms with E-state index < -0.39 is 0 Å². The Morgan fingerprint density at radius 1 is 1.37 bits per heavy atom. The van der Waals surface area contributed by atoms with Crippen molar-refractivity contribution in [1.82, 2.24) is 9.88 Å². The van der Waals surface area contributed by atoms with E-state index in [4.69, 9.17) is 0 Å². The predicted molar refractivity (Wildman–Crippen MR) is 78.7 cm³/mol. The maximum Gasteiger partial charge on any atom is 0.178 e. The number of aromatic nitrogens is 1. The topological polar surface area (TPSA) is 36.1 Å². The number of aromatic amines is 1. The summed E-state index contributed by atoms with van der Waals surface area (Å²) in [5.74, 6) is 0.252. The molecule has 0 atom stereocenters. The molecule has 0 spiro atoms. The molecule has 0 aliphatic carbocycles. The Bertz CT molecular complexity index is 453. The van der Waals surface area contributed by atoms with E-state index in [0.717, 1.165) is 30.0 Å². The van der Waals surface area contributed by atoms with Crippen molar-refractivity contribution in [2.24, 2.45) is 5.41 Å². The molecule has 0 amide bonds. The van der Waals surface area contributed by atoms with Crippen LogP contribution in [0, 0.1) is 19.3 Å². The van der Waals surface area contributed by atoms with Gasteiger partial charge < -0.3 is 4.98 Å². The quantitative estimate of drug-likeness (QED) is 0.845. The summed E-state index contributed by atoms with van der Waals surface area (Å²) < 4.78 is 0. The number of rotatable bonds is 4. The highest BCUT2D eigenvalue weighted by Crippen LogP contribution is 2.33. The summed E-state index contributed by atoms with van der Waals surface area (Å²) in [7, 11) is 0. The zero-order valence-electron chi connectivity index (χ0n) is 12.7. The van der Waals surface area contributed by atoms with Crippen LogP contribution in [-0.2, 0) is 0 Å². The summed E-state index contributed by atoms with van der Waals surface area (Å²) in [6, 6.07) is 1.97. The van der Waals surface area contributed by atoms with Crippen molar-refractivity contribution < 1.29 is 4.79 Å². The fourth-order valence-electron chi connectivity index (χ4n) is 2.91. The van der Waals surface area contributed by atoms with Gasteiger partial charge in [-0.3, -0.25) is 9.69 Å². The molecule has 3 nitrogen and oxygen atoms in total. The number of H-pyrrole nitrogens is 1. The molecule has 0 aromatic carbocycles. The molecule has 0 bridgehead atoms. The van der Waals surface area contributed by atoms with Gasteiger partial charge in [0.25, 0.3) is 0 Å². The van der Waals surface area contributed by atoms with Gasteiger partial charge in [-0.05, 0) is 51.3 Å².